The van der Waals surface area contributed by atoms with Gasteiger partial charge in [-0.05, 0) is 61.4 Å². The van der Waals surface area contributed by atoms with Crippen molar-refractivity contribution in [3.8, 4) is 0 Å². The molecular formula is C24H23N3O4S. The lowest BCUT2D eigenvalue weighted by Crippen LogP contribution is -2.30. The minimum Gasteiger partial charge on any atom is -0.326 e. The zero-order chi connectivity index (χ0) is 22.7. The molecule has 2 aromatic rings. The average molecular weight is 450 g/mol. The van der Waals surface area contributed by atoms with Gasteiger partial charge in [0.1, 0.15) is 0 Å². The Morgan fingerprint density at radius 1 is 0.875 bits per heavy atom. The molecule has 1 heterocycles. The van der Waals surface area contributed by atoms with Gasteiger partial charge in [0.05, 0.1) is 23.3 Å². The van der Waals surface area contributed by atoms with Crippen molar-refractivity contribution in [3.05, 3.63) is 60.7 Å². The molecule has 7 nitrogen and oxygen atoms in total. The summed E-state index contributed by atoms with van der Waals surface area (Å²) >= 11 is 1.36. The summed E-state index contributed by atoms with van der Waals surface area (Å²) in [7, 11) is 0. The lowest BCUT2D eigenvalue weighted by Gasteiger charge is -2.15. The van der Waals surface area contributed by atoms with Crippen LogP contribution in [0.4, 0.5) is 17.1 Å². The molecule has 4 amide bonds. The number of fused-ring (bicyclic) bond motifs is 1. The molecule has 0 saturated carbocycles. The predicted octanol–water partition coefficient (Wildman–Crippen LogP) is 3.83. The van der Waals surface area contributed by atoms with Crippen molar-refractivity contribution in [2.45, 2.75) is 24.7 Å². The van der Waals surface area contributed by atoms with E-state index in [0.29, 0.717) is 29.9 Å². The Labute approximate surface area is 190 Å². The molecule has 2 atom stereocenters. The highest BCUT2D eigenvalue weighted by atomic mass is 32.2. The summed E-state index contributed by atoms with van der Waals surface area (Å²) in [6.45, 7) is 1.43. The first-order valence-corrected chi connectivity index (χ1v) is 11.3. The van der Waals surface area contributed by atoms with Crippen LogP contribution in [0.5, 0.6) is 0 Å². The molecule has 2 aromatic carbocycles. The van der Waals surface area contributed by atoms with Gasteiger partial charge in [-0.2, -0.15) is 0 Å². The van der Waals surface area contributed by atoms with E-state index in [4.69, 9.17) is 0 Å². The number of benzene rings is 2. The third kappa shape index (κ3) is 4.75. The number of hydrogen-bond acceptors (Lipinski definition) is 5. The van der Waals surface area contributed by atoms with Crippen LogP contribution in [0.3, 0.4) is 0 Å². The Morgan fingerprint density at radius 3 is 1.94 bits per heavy atom. The van der Waals surface area contributed by atoms with Gasteiger partial charge in [-0.15, -0.1) is 11.8 Å². The zero-order valence-corrected chi connectivity index (χ0v) is 18.4. The van der Waals surface area contributed by atoms with Crippen LogP contribution in [-0.4, -0.2) is 29.4 Å². The SMILES string of the molecule is CC(=O)Nc1ccc(NC(=O)CSc2ccc(N3C(=O)C4CC=CCC4C3=O)cc2)cc1. The van der Waals surface area contributed by atoms with Gasteiger partial charge in [0.2, 0.25) is 23.6 Å². The lowest BCUT2D eigenvalue weighted by atomic mass is 9.85. The smallest absolute Gasteiger partial charge is 0.238 e. The van der Waals surface area contributed by atoms with E-state index < -0.39 is 0 Å². The zero-order valence-electron chi connectivity index (χ0n) is 17.5. The number of nitrogens with one attached hydrogen (secondary N) is 2. The van der Waals surface area contributed by atoms with Crippen molar-refractivity contribution < 1.29 is 19.2 Å². The maximum absolute atomic E-state index is 12.7. The minimum atomic E-state index is -0.252. The number of thioether (sulfide) groups is 1. The topological polar surface area (TPSA) is 95.6 Å². The number of carbonyl (C=O) groups is 4. The number of rotatable bonds is 6. The summed E-state index contributed by atoms with van der Waals surface area (Å²) in [5.74, 6) is -0.868. The molecule has 0 radical (unpaired) electrons. The van der Waals surface area contributed by atoms with Crippen molar-refractivity contribution in [1.29, 1.82) is 0 Å². The Bertz CT molecular complexity index is 1050. The largest absolute Gasteiger partial charge is 0.326 e. The summed E-state index contributed by atoms with van der Waals surface area (Å²) < 4.78 is 0. The third-order valence-electron chi connectivity index (χ3n) is 5.46. The van der Waals surface area contributed by atoms with Gasteiger partial charge in [0, 0.05) is 23.2 Å². The van der Waals surface area contributed by atoms with Crippen LogP contribution in [0.2, 0.25) is 0 Å². The second-order valence-electron chi connectivity index (χ2n) is 7.76. The fraction of sp³-hybridized carbons (Fsp3) is 0.250. The van der Waals surface area contributed by atoms with Crippen molar-refractivity contribution >= 4 is 52.5 Å². The molecule has 0 spiro atoms. The number of carbonyl (C=O) groups excluding carboxylic acids is 4. The minimum absolute atomic E-state index is 0.131. The van der Waals surface area contributed by atoms with Crippen LogP contribution in [0.25, 0.3) is 0 Å². The van der Waals surface area contributed by atoms with Crippen molar-refractivity contribution in [3.63, 3.8) is 0 Å². The molecule has 32 heavy (non-hydrogen) atoms. The summed E-state index contributed by atoms with van der Waals surface area (Å²) in [6, 6.07) is 14.0. The molecule has 8 heteroatoms. The standard InChI is InChI=1S/C24H23N3O4S/c1-15(28)25-16-6-8-17(9-7-16)26-22(29)14-32-19-12-10-18(11-13-19)27-23(30)20-4-2-3-5-21(20)24(27)31/h2-3,6-13,20-21H,4-5,14H2,1H3,(H,25,28)(H,26,29). The normalized spacial score (nSPS) is 19.6. The summed E-state index contributed by atoms with van der Waals surface area (Å²) in [4.78, 5) is 50.9. The van der Waals surface area contributed by atoms with Gasteiger partial charge in [0.25, 0.3) is 0 Å². The monoisotopic (exact) mass is 449 g/mol. The van der Waals surface area contributed by atoms with Crippen LogP contribution in [0.15, 0.2) is 65.6 Å². The summed E-state index contributed by atoms with van der Waals surface area (Å²) in [6.07, 6.45) is 5.17. The van der Waals surface area contributed by atoms with Gasteiger partial charge in [-0.1, -0.05) is 12.2 Å². The molecule has 2 N–H and O–H groups in total. The Balaban J connectivity index is 1.31. The number of hydrogen-bond donors (Lipinski definition) is 2. The van der Waals surface area contributed by atoms with E-state index in [0.717, 1.165) is 4.90 Å². The lowest BCUT2D eigenvalue weighted by molar-refractivity contribution is -0.122. The van der Waals surface area contributed by atoms with Crippen molar-refractivity contribution in [1.82, 2.24) is 0 Å². The highest BCUT2D eigenvalue weighted by molar-refractivity contribution is 8.00. The number of imide groups is 1. The number of nitrogens with zero attached hydrogens (tertiary/aromatic N) is 1. The van der Waals surface area contributed by atoms with Crippen molar-refractivity contribution in [2.75, 3.05) is 21.3 Å². The van der Waals surface area contributed by atoms with E-state index in [1.165, 1.54) is 23.6 Å². The quantitative estimate of drug-likeness (QED) is 0.397. The average Bonchev–Trinajstić information content (AvgIpc) is 3.04. The molecule has 164 valence electrons. The maximum Gasteiger partial charge on any atom is 0.238 e. The first-order valence-electron chi connectivity index (χ1n) is 10.4. The molecule has 2 aliphatic rings. The molecule has 2 unspecified atom stereocenters. The Kier molecular flexibility index (Phi) is 6.41. The Hall–Kier alpha value is -3.39. The van der Waals surface area contributed by atoms with Gasteiger partial charge in [-0.3, -0.25) is 24.1 Å². The van der Waals surface area contributed by atoms with Crippen LogP contribution in [0, 0.1) is 11.8 Å². The van der Waals surface area contributed by atoms with E-state index in [9.17, 15) is 19.2 Å². The first-order chi connectivity index (χ1) is 15.4. The van der Waals surface area contributed by atoms with Crippen LogP contribution < -0.4 is 15.5 Å². The van der Waals surface area contributed by atoms with E-state index in [1.54, 1.807) is 36.4 Å². The highest BCUT2D eigenvalue weighted by Crippen LogP contribution is 2.38. The van der Waals surface area contributed by atoms with Gasteiger partial charge in [-0.25, -0.2) is 0 Å². The first kappa shape index (κ1) is 21.8. The van der Waals surface area contributed by atoms with E-state index in [2.05, 4.69) is 10.6 Å². The van der Waals surface area contributed by atoms with Gasteiger partial charge in [0.15, 0.2) is 0 Å². The fourth-order valence-corrected chi connectivity index (χ4v) is 4.63. The van der Waals surface area contributed by atoms with E-state index in [1.807, 2.05) is 24.3 Å². The molecule has 1 fully saturated rings. The highest BCUT2D eigenvalue weighted by Gasteiger charge is 2.47. The third-order valence-corrected chi connectivity index (χ3v) is 6.47. The fourth-order valence-electron chi connectivity index (χ4n) is 3.93. The van der Waals surface area contributed by atoms with Crippen LogP contribution in [0.1, 0.15) is 19.8 Å². The summed E-state index contributed by atoms with van der Waals surface area (Å²) in [5.41, 5.74) is 1.87. The van der Waals surface area contributed by atoms with Crippen molar-refractivity contribution in [2.24, 2.45) is 11.8 Å². The molecule has 0 bridgehead atoms. The molecule has 4 rings (SSSR count). The number of anilines is 3. The Morgan fingerprint density at radius 2 is 1.41 bits per heavy atom. The molecule has 1 aliphatic heterocycles. The van der Waals surface area contributed by atoms with E-state index in [-0.39, 0.29) is 41.2 Å². The number of amides is 4. The van der Waals surface area contributed by atoms with E-state index >= 15 is 0 Å². The van der Waals surface area contributed by atoms with Crippen LogP contribution >= 0.6 is 11.8 Å². The second kappa shape index (κ2) is 9.40. The molecule has 0 aromatic heterocycles. The van der Waals surface area contributed by atoms with Crippen LogP contribution in [-0.2, 0) is 19.2 Å². The molecule has 1 saturated heterocycles. The second-order valence-corrected chi connectivity index (χ2v) is 8.81. The summed E-state index contributed by atoms with van der Waals surface area (Å²) in [5, 5.41) is 5.49. The van der Waals surface area contributed by atoms with Gasteiger partial charge >= 0.3 is 0 Å². The van der Waals surface area contributed by atoms with Gasteiger partial charge < -0.3 is 10.6 Å². The molecule has 1 aliphatic carbocycles. The predicted molar refractivity (Wildman–Crippen MR) is 124 cm³/mol. The molecular weight excluding hydrogens is 426 g/mol. The number of allylic oxidation sites excluding steroid dienone is 2. The maximum atomic E-state index is 12.7.